The van der Waals surface area contributed by atoms with Crippen LogP contribution >= 0.6 is 46.6 Å². The molecule has 1 aliphatic rings. The Bertz CT molecular complexity index is 1200. The highest BCUT2D eigenvalue weighted by molar-refractivity contribution is 7.99. The normalized spacial score (nSPS) is 15.1. The number of halogens is 3. The lowest BCUT2D eigenvalue weighted by Crippen LogP contribution is -2.44. The van der Waals surface area contributed by atoms with Gasteiger partial charge in [0.1, 0.15) is 11.1 Å². The van der Waals surface area contributed by atoms with E-state index < -0.39 is 5.97 Å². The number of nitrogens with zero attached hydrogens (tertiary/aromatic N) is 2. The van der Waals surface area contributed by atoms with Crippen LogP contribution in [0.2, 0.25) is 15.1 Å². The monoisotopic (exact) mass is 526 g/mol. The molecule has 3 aromatic rings. The lowest BCUT2D eigenvalue weighted by Gasteiger charge is -2.32. The second-order valence-corrected chi connectivity index (χ2v) is 10.0. The Labute approximate surface area is 209 Å². The van der Waals surface area contributed by atoms with Crippen LogP contribution in [-0.2, 0) is 11.3 Å². The highest BCUT2D eigenvalue weighted by Gasteiger charge is 2.22. The van der Waals surface area contributed by atoms with Gasteiger partial charge >= 0.3 is 5.97 Å². The Morgan fingerprint density at radius 2 is 1.85 bits per heavy atom. The molecule has 1 saturated heterocycles. The van der Waals surface area contributed by atoms with E-state index in [1.807, 2.05) is 18.2 Å². The number of hydrogen-bond acceptors (Lipinski definition) is 5. The number of imidazole rings is 1. The fraction of sp³-hybridized carbons (Fsp3) is 0.318. The number of carboxylic acid groups (broad SMARTS) is 1. The van der Waals surface area contributed by atoms with Gasteiger partial charge in [0.15, 0.2) is 5.16 Å². The molecular formula is C22H21Cl3N4O3S. The van der Waals surface area contributed by atoms with Crippen molar-refractivity contribution in [2.45, 2.75) is 30.6 Å². The van der Waals surface area contributed by atoms with Gasteiger partial charge in [0.05, 0.1) is 26.3 Å². The number of aromatic nitrogens is 2. The van der Waals surface area contributed by atoms with E-state index in [2.05, 4.69) is 20.2 Å². The number of hydrogen-bond donors (Lipinski definition) is 3. The van der Waals surface area contributed by atoms with Gasteiger partial charge in [-0.1, -0.05) is 52.6 Å². The van der Waals surface area contributed by atoms with E-state index in [4.69, 9.17) is 34.8 Å². The smallest absolute Gasteiger partial charge is 0.339 e. The van der Waals surface area contributed by atoms with Crippen molar-refractivity contribution in [3.63, 3.8) is 0 Å². The highest BCUT2D eigenvalue weighted by Crippen LogP contribution is 2.28. The first-order valence-corrected chi connectivity index (χ1v) is 12.4. The zero-order valence-electron chi connectivity index (χ0n) is 17.4. The maximum atomic E-state index is 12.4. The Morgan fingerprint density at radius 1 is 1.12 bits per heavy atom. The van der Waals surface area contributed by atoms with E-state index in [-0.39, 0.29) is 33.8 Å². The van der Waals surface area contributed by atoms with E-state index >= 15 is 0 Å². The first-order valence-electron chi connectivity index (χ1n) is 10.3. The number of aromatic amines is 1. The van der Waals surface area contributed by atoms with Crippen molar-refractivity contribution in [3.8, 4) is 0 Å². The third-order valence-electron chi connectivity index (χ3n) is 5.48. The summed E-state index contributed by atoms with van der Waals surface area (Å²) in [6, 6.07) is 8.98. The molecule has 33 heavy (non-hydrogen) atoms. The lowest BCUT2D eigenvalue weighted by atomic mass is 10.0. The number of rotatable bonds is 7. The summed E-state index contributed by atoms with van der Waals surface area (Å²) in [6.45, 7) is 2.54. The van der Waals surface area contributed by atoms with Crippen molar-refractivity contribution in [2.75, 3.05) is 18.8 Å². The van der Waals surface area contributed by atoms with Gasteiger partial charge in [0.25, 0.3) is 0 Å². The van der Waals surface area contributed by atoms with Gasteiger partial charge < -0.3 is 15.4 Å². The Balaban J connectivity index is 1.26. The van der Waals surface area contributed by atoms with Crippen LogP contribution in [0.5, 0.6) is 0 Å². The minimum absolute atomic E-state index is 0.0469. The number of carboxylic acids is 1. The molecule has 174 valence electrons. The number of nitrogens with one attached hydrogen (secondary N) is 2. The topological polar surface area (TPSA) is 98.3 Å². The molecule has 0 bridgehead atoms. The number of amides is 1. The van der Waals surface area contributed by atoms with E-state index in [1.54, 1.807) is 6.07 Å². The summed E-state index contributed by atoms with van der Waals surface area (Å²) in [5.41, 5.74) is 1.91. The largest absolute Gasteiger partial charge is 0.478 e. The van der Waals surface area contributed by atoms with Crippen molar-refractivity contribution in [1.82, 2.24) is 20.2 Å². The number of aromatic carboxylic acids is 1. The Hall–Kier alpha value is -1.97. The average molecular weight is 528 g/mol. The zero-order chi connectivity index (χ0) is 23.5. The molecule has 0 saturated carbocycles. The molecule has 2 aromatic carbocycles. The minimum Gasteiger partial charge on any atom is -0.478 e. The molecule has 0 radical (unpaired) electrons. The van der Waals surface area contributed by atoms with Crippen LogP contribution in [0.3, 0.4) is 0 Å². The second-order valence-electron chi connectivity index (χ2n) is 7.82. The molecule has 3 N–H and O–H groups in total. The van der Waals surface area contributed by atoms with E-state index in [1.165, 1.54) is 17.8 Å². The van der Waals surface area contributed by atoms with Gasteiger partial charge in [-0.15, -0.1) is 0 Å². The van der Waals surface area contributed by atoms with Gasteiger partial charge in [0.2, 0.25) is 5.91 Å². The predicted octanol–water partition coefficient (Wildman–Crippen LogP) is 5.09. The number of likely N-dealkylation sites (tertiary alicyclic amines) is 1. The van der Waals surface area contributed by atoms with Crippen LogP contribution in [-0.4, -0.2) is 56.7 Å². The highest BCUT2D eigenvalue weighted by atomic mass is 35.5. The molecule has 4 rings (SSSR count). The van der Waals surface area contributed by atoms with E-state index in [9.17, 15) is 14.7 Å². The minimum atomic E-state index is -1.14. The molecule has 0 spiro atoms. The molecule has 7 nitrogen and oxygen atoms in total. The molecule has 2 heterocycles. The lowest BCUT2D eigenvalue weighted by molar-refractivity contribution is -0.119. The van der Waals surface area contributed by atoms with Crippen molar-refractivity contribution < 1.29 is 14.7 Å². The molecule has 0 aliphatic carbocycles. The first kappa shape index (κ1) is 24.2. The van der Waals surface area contributed by atoms with Crippen molar-refractivity contribution in [1.29, 1.82) is 0 Å². The summed E-state index contributed by atoms with van der Waals surface area (Å²) >= 11 is 19.3. The number of fused-ring (bicyclic) bond motifs is 1. The second kappa shape index (κ2) is 10.5. The maximum absolute atomic E-state index is 12.4. The number of benzene rings is 2. The quantitative estimate of drug-likeness (QED) is 0.370. The van der Waals surface area contributed by atoms with Crippen LogP contribution in [0.25, 0.3) is 11.0 Å². The fourth-order valence-electron chi connectivity index (χ4n) is 3.83. The molecule has 1 amide bonds. The summed E-state index contributed by atoms with van der Waals surface area (Å²) in [7, 11) is 0. The summed E-state index contributed by atoms with van der Waals surface area (Å²) in [5.74, 6) is -1.05. The van der Waals surface area contributed by atoms with Crippen LogP contribution in [0.1, 0.15) is 28.8 Å². The van der Waals surface area contributed by atoms with Gasteiger partial charge in [-0.25, -0.2) is 9.78 Å². The number of carbonyl (C=O) groups excluding carboxylic acids is 1. The molecule has 1 fully saturated rings. The molecule has 11 heteroatoms. The summed E-state index contributed by atoms with van der Waals surface area (Å²) in [4.78, 5) is 33.6. The maximum Gasteiger partial charge on any atom is 0.339 e. The molecule has 0 atom stereocenters. The number of H-pyrrole nitrogens is 1. The molecule has 1 aromatic heterocycles. The number of piperidine rings is 1. The van der Waals surface area contributed by atoms with Crippen molar-refractivity contribution in [2.24, 2.45) is 0 Å². The first-order chi connectivity index (χ1) is 15.8. The predicted molar refractivity (Wildman–Crippen MR) is 132 cm³/mol. The molecule has 0 unspecified atom stereocenters. The van der Waals surface area contributed by atoms with Crippen LogP contribution in [0.4, 0.5) is 0 Å². The van der Waals surface area contributed by atoms with Gasteiger partial charge in [-0.2, -0.15) is 0 Å². The van der Waals surface area contributed by atoms with Crippen LogP contribution in [0, 0.1) is 0 Å². The third kappa shape index (κ3) is 5.94. The molecular weight excluding hydrogens is 507 g/mol. The summed E-state index contributed by atoms with van der Waals surface area (Å²) in [5, 5.41) is 14.2. The van der Waals surface area contributed by atoms with Gasteiger partial charge in [-0.05, 0) is 42.7 Å². The zero-order valence-corrected chi connectivity index (χ0v) is 20.5. The third-order valence-corrected chi connectivity index (χ3v) is 7.41. The average Bonchev–Trinajstić information content (AvgIpc) is 3.19. The van der Waals surface area contributed by atoms with E-state index in [0.717, 1.165) is 38.0 Å². The number of thioether (sulfide) groups is 1. The summed E-state index contributed by atoms with van der Waals surface area (Å²) < 4.78 is 0. The van der Waals surface area contributed by atoms with Gasteiger partial charge in [-0.3, -0.25) is 9.69 Å². The van der Waals surface area contributed by atoms with Crippen molar-refractivity contribution >= 4 is 69.5 Å². The van der Waals surface area contributed by atoms with Crippen LogP contribution < -0.4 is 5.32 Å². The fourth-order valence-corrected chi connectivity index (χ4v) is 5.08. The summed E-state index contributed by atoms with van der Waals surface area (Å²) in [6.07, 6.45) is 1.73. The number of carbonyl (C=O) groups is 2. The van der Waals surface area contributed by atoms with Gasteiger partial charge in [0, 0.05) is 25.7 Å². The standard InChI is InChI=1S/C22H21Cl3N4O3S/c23-14-2-1-12(9-16(14)25)10-29-7-5-13(6-8-29)26-18(30)11-33-22-27-17-4-3-15(24)19(21(31)32)20(17)28-22/h1-4,9,13H,5-8,10-11H2,(H,26,30)(H,27,28)(H,31,32). The van der Waals surface area contributed by atoms with Crippen molar-refractivity contribution in [3.05, 3.63) is 56.5 Å². The van der Waals surface area contributed by atoms with Crippen LogP contribution in [0.15, 0.2) is 35.5 Å². The Morgan fingerprint density at radius 3 is 2.55 bits per heavy atom. The molecule has 1 aliphatic heterocycles. The SMILES string of the molecule is O=C(CSc1nc2c(C(=O)O)c(Cl)ccc2[nH]1)NC1CCN(Cc2ccc(Cl)c(Cl)c2)CC1. The van der Waals surface area contributed by atoms with E-state index in [0.29, 0.717) is 20.7 Å². The Kier molecular flexibility index (Phi) is 7.71.